The molecule has 3 nitrogen and oxygen atoms in total. The molecule has 2 rings (SSSR count). The van der Waals surface area contributed by atoms with Gasteiger partial charge >= 0.3 is 0 Å². The normalized spacial score (nSPS) is 21.7. The molecular weight excluding hydrogens is 242 g/mol. The lowest BCUT2D eigenvalue weighted by molar-refractivity contribution is 0.129. The maximum atomic E-state index is 3.21. The molecule has 102 valence electrons. The van der Waals surface area contributed by atoms with Gasteiger partial charge in [-0.2, -0.15) is 0 Å². The second-order valence-corrected chi connectivity index (χ2v) is 6.65. The molecule has 4 heteroatoms. The summed E-state index contributed by atoms with van der Waals surface area (Å²) in [6, 6.07) is 5.27. The lowest BCUT2D eigenvalue weighted by Gasteiger charge is -2.35. The highest BCUT2D eigenvalue weighted by Gasteiger charge is 2.21. The van der Waals surface area contributed by atoms with Crippen LogP contribution in [0.5, 0.6) is 0 Å². The summed E-state index contributed by atoms with van der Waals surface area (Å²) >= 11 is 1.94. The van der Waals surface area contributed by atoms with Gasteiger partial charge in [0.1, 0.15) is 0 Å². The molecule has 1 aliphatic rings. The average Bonchev–Trinajstić information content (AvgIpc) is 2.77. The Morgan fingerprint density at radius 3 is 2.89 bits per heavy atom. The van der Waals surface area contributed by atoms with E-state index in [9.17, 15) is 0 Å². The zero-order valence-corrected chi connectivity index (χ0v) is 12.6. The molecule has 0 spiro atoms. The van der Waals surface area contributed by atoms with Crippen LogP contribution in [0.15, 0.2) is 12.1 Å². The van der Waals surface area contributed by atoms with Crippen LogP contribution in [0.4, 0.5) is 0 Å². The molecule has 1 saturated heterocycles. The number of thiophene rings is 1. The number of likely N-dealkylation sites (tertiary alicyclic amines) is 1. The van der Waals surface area contributed by atoms with Crippen LogP contribution in [-0.2, 0) is 13.1 Å². The van der Waals surface area contributed by atoms with E-state index in [1.165, 1.54) is 35.7 Å². The summed E-state index contributed by atoms with van der Waals surface area (Å²) in [7, 11) is 6.40. The SMILES string of the molecule is CNCc1ccc(CN2CCCC(N(C)C)C2)s1. The average molecular weight is 267 g/mol. The summed E-state index contributed by atoms with van der Waals surface area (Å²) in [5, 5.41) is 3.21. The van der Waals surface area contributed by atoms with Gasteiger partial charge in [0.15, 0.2) is 0 Å². The summed E-state index contributed by atoms with van der Waals surface area (Å²) in [6.45, 7) is 4.58. The number of hydrogen-bond donors (Lipinski definition) is 1. The molecule has 1 N–H and O–H groups in total. The third-order valence-electron chi connectivity index (χ3n) is 3.66. The molecule has 1 unspecified atom stereocenters. The zero-order valence-electron chi connectivity index (χ0n) is 11.8. The van der Waals surface area contributed by atoms with Gasteiger partial charge in [-0.25, -0.2) is 0 Å². The van der Waals surface area contributed by atoms with Gasteiger partial charge in [0.05, 0.1) is 0 Å². The van der Waals surface area contributed by atoms with Crippen molar-refractivity contribution in [3.63, 3.8) is 0 Å². The van der Waals surface area contributed by atoms with Gasteiger partial charge in [0, 0.05) is 35.4 Å². The third kappa shape index (κ3) is 3.79. The predicted octanol–water partition coefficient (Wildman–Crippen LogP) is 1.99. The van der Waals surface area contributed by atoms with Crippen LogP contribution >= 0.6 is 11.3 Å². The minimum absolute atomic E-state index is 0.732. The maximum Gasteiger partial charge on any atom is 0.0328 e. The number of nitrogens with one attached hydrogen (secondary N) is 1. The van der Waals surface area contributed by atoms with Gasteiger partial charge < -0.3 is 10.2 Å². The van der Waals surface area contributed by atoms with Gasteiger partial charge in [0.2, 0.25) is 0 Å². The molecule has 2 heterocycles. The lowest BCUT2D eigenvalue weighted by Crippen LogP contribution is -2.44. The zero-order chi connectivity index (χ0) is 13.0. The molecule has 0 bridgehead atoms. The molecule has 0 saturated carbocycles. The van der Waals surface area contributed by atoms with Crippen molar-refractivity contribution in [2.24, 2.45) is 0 Å². The van der Waals surface area contributed by atoms with Gasteiger partial charge in [-0.1, -0.05) is 0 Å². The van der Waals surface area contributed by atoms with Crippen LogP contribution in [0.1, 0.15) is 22.6 Å². The van der Waals surface area contributed by atoms with E-state index in [-0.39, 0.29) is 0 Å². The van der Waals surface area contributed by atoms with Crippen molar-refractivity contribution < 1.29 is 0 Å². The van der Waals surface area contributed by atoms with E-state index in [1.54, 1.807) is 0 Å². The molecule has 0 aromatic carbocycles. The van der Waals surface area contributed by atoms with Gasteiger partial charge in [-0.05, 0) is 52.7 Å². The Kier molecular flexibility index (Phi) is 5.18. The highest BCUT2D eigenvalue weighted by Crippen LogP contribution is 2.21. The molecule has 18 heavy (non-hydrogen) atoms. The number of nitrogens with zero attached hydrogens (tertiary/aromatic N) is 2. The number of rotatable bonds is 5. The third-order valence-corrected chi connectivity index (χ3v) is 4.73. The lowest BCUT2D eigenvalue weighted by atomic mass is 10.1. The fourth-order valence-electron chi connectivity index (χ4n) is 2.59. The van der Waals surface area contributed by atoms with Gasteiger partial charge in [-0.15, -0.1) is 11.3 Å². The summed E-state index contributed by atoms with van der Waals surface area (Å²) < 4.78 is 0. The minimum atomic E-state index is 0.732. The van der Waals surface area contributed by atoms with Crippen molar-refractivity contribution in [1.82, 2.24) is 15.1 Å². The highest BCUT2D eigenvalue weighted by molar-refractivity contribution is 7.11. The van der Waals surface area contributed by atoms with E-state index < -0.39 is 0 Å². The van der Waals surface area contributed by atoms with E-state index in [4.69, 9.17) is 0 Å². The Hall–Kier alpha value is -0.420. The molecular formula is C14H25N3S. The highest BCUT2D eigenvalue weighted by atomic mass is 32.1. The minimum Gasteiger partial charge on any atom is -0.315 e. The van der Waals surface area contributed by atoms with Crippen molar-refractivity contribution in [3.8, 4) is 0 Å². The van der Waals surface area contributed by atoms with E-state index in [1.807, 2.05) is 18.4 Å². The number of hydrogen-bond acceptors (Lipinski definition) is 4. The summed E-state index contributed by atoms with van der Waals surface area (Å²) in [5.74, 6) is 0. The van der Waals surface area contributed by atoms with Crippen molar-refractivity contribution in [3.05, 3.63) is 21.9 Å². The van der Waals surface area contributed by atoms with E-state index in [0.717, 1.165) is 19.1 Å². The Labute approximate surface area is 115 Å². The first-order valence-corrected chi connectivity index (χ1v) is 7.61. The Morgan fingerprint density at radius 2 is 2.17 bits per heavy atom. The molecule has 0 aliphatic carbocycles. The van der Waals surface area contributed by atoms with Gasteiger partial charge in [-0.3, -0.25) is 4.90 Å². The molecule has 1 aromatic rings. The maximum absolute atomic E-state index is 3.21. The van der Waals surface area contributed by atoms with E-state index in [2.05, 4.69) is 41.3 Å². The number of likely N-dealkylation sites (N-methyl/N-ethyl adjacent to an activating group) is 1. The Balaban J connectivity index is 1.87. The monoisotopic (exact) mass is 267 g/mol. The summed E-state index contributed by atoms with van der Waals surface area (Å²) in [5.41, 5.74) is 0. The van der Waals surface area contributed by atoms with Gasteiger partial charge in [0.25, 0.3) is 0 Å². The number of piperidine rings is 1. The second kappa shape index (κ2) is 6.66. The van der Waals surface area contributed by atoms with Crippen molar-refractivity contribution >= 4 is 11.3 Å². The Bertz CT molecular complexity index is 362. The first-order chi connectivity index (χ1) is 8.69. The Morgan fingerprint density at radius 1 is 1.39 bits per heavy atom. The fraction of sp³-hybridized carbons (Fsp3) is 0.714. The topological polar surface area (TPSA) is 18.5 Å². The first kappa shape index (κ1) is 14.0. The molecule has 1 aromatic heterocycles. The molecule has 1 fully saturated rings. The van der Waals surface area contributed by atoms with Crippen molar-refractivity contribution in [2.45, 2.75) is 32.0 Å². The van der Waals surface area contributed by atoms with E-state index >= 15 is 0 Å². The molecule has 0 radical (unpaired) electrons. The predicted molar refractivity (Wildman–Crippen MR) is 79.1 cm³/mol. The molecule has 1 atom stereocenters. The van der Waals surface area contributed by atoms with Crippen molar-refractivity contribution in [2.75, 3.05) is 34.2 Å². The largest absolute Gasteiger partial charge is 0.315 e. The van der Waals surface area contributed by atoms with Crippen LogP contribution in [0.3, 0.4) is 0 Å². The standard InChI is InChI=1S/C14H25N3S/c1-15-9-13-6-7-14(18-13)11-17-8-4-5-12(10-17)16(2)3/h6-7,12,15H,4-5,8-11H2,1-3H3. The summed E-state index contributed by atoms with van der Waals surface area (Å²) in [6.07, 6.45) is 2.68. The van der Waals surface area contributed by atoms with Crippen LogP contribution in [0.2, 0.25) is 0 Å². The molecule has 0 amide bonds. The quantitative estimate of drug-likeness (QED) is 0.880. The van der Waals surface area contributed by atoms with Crippen LogP contribution in [0, 0.1) is 0 Å². The first-order valence-electron chi connectivity index (χ1n) is 6.80. The smallest absolute Gasteiger partial charge is 0.0328 e. The second-order valence-electron chi connectivity index (χ2n) is 5.39. The fourth-order valence-corrected chi connectivity index (χ4v) is 3.67. The van der Waals surface area contributed by atoms with E-state index in [0.29, 0.717) is 0 Å². The summed E-state index contributed by atoms with van der Waals surface area (Å²) in [4.78, 5) is 7.91. The van der Waals surface area contributed by atoms with Crippen molar-refractivity contribution in [1.29, 1.82) is 0 Å². The van der Waals surface area contributed by atoms with Crippen LogP contribution in [0.25, 0.3) is 0 Å². The van der Waals surface area contributed by atoms with Crippen LogP contribution in [-0.4, -0.2) is 50.1 Å². The van der Waals surface area contributed by atoms with Crippen LogP contribution < -0.4 is 5.32 Å². The molecule has 1 aliphatic heterocycles.